The highest BCUT2D eigenvalue weighted by atomic mass is 14.9. The molecule has 0 fully saturated rings. The second kappa shape index (κ2) is 4.94. The van der Waals surface area contributed by atoms with Crippen molar-refractivity contribution in [1.82, 2.24) is 9.55 Å². The van der Waals surface area contributed by atoms with Crippen molar-refractivity contribution in [2.75, 3.05) is 0 Å². The largest absolute Gasteiger partial charge is 0.349 e. The Morgan fingerprint density at radius 3 is 2.89 bits per heavy atom. The van der Waals surface area contributed by atoms with Crippen LogP contribution in [0.25, 0.3) is 0 Å². The number of fused-ring (bicyclic) bond motifs is 1. The summed E-state index contributed by atoms with van der Waals surface area (Å²) in [4.78, 5) is 4.05. The Morgan fingerprint density at radius 2 is 2.06 bits per heavy atom. The molecule has 0 aromatic carbocycles. The van der Waals surface area contributed by atoms with E-state index in [4.69, 9.17) is 5.73 Å². The van der Waals surface area contributed by atoms with E-state index in [-0.39, 0.29) is 6.04 Å². The number of nitrogens with zero attached hydrogens (tertiary/aromatic N) is 2. The zero-order valence-corrected chi connectivity index (χ0v) is 10.5. The standard InChI is InChI=1S/C15H19N3/c16-15-4-2-1-3-13-10-18(11-14(13)15)9-12-5-7-17-8-6-12/h5-8,10-11,15H,1-4,9,16H2. The third-order valence-corrected chi connectivity index (χ3v) is 3.72. The normalized spacial score (nSPS) is 19.3. The minimum absolute atomic E-state index is 0.223. The number of pyridine rings is 1. The van der Waals surface area contributed by atoms with Crippen LogP contribution in [-0.2, 0) is 13.0 Å². The molecule has 1 aliphatic rings. The molecule has 18 heavy (non-hydrogen) atoms. The molecule has 1 aliphatic carbocycles. The molecule has 0 amide bonds. The first-order valence-corrected chi connectivity index (χ1v) is 6.66. The van der Waals surface area contributed by atoms with Crippen LogP contribution in [-0.4, -0.2) is 9.55 Å². The highest BCUT2D eigenvalue weighted by molar-refractivity contribution is 5.29. The highest BCUT2D eigenvalue weighted by Gasteiger charge is 2.17. The molecule has 0 aliphatic heterocycles. The molecular formula is C15H19N3. The first-order valence-electron chi connectivity index (χ1n) is 6.66. The van der Waals surface area contributed by atoms with Gasteiger partial charge in [-0.3, -0.25) is 4.98 Å². The molecule has 0 saturated heterocycles. The minimum Gasteiger partial charge on any atom is -0.349 e. The highest BCUT2D eigenvalue weighted by Crippen LogP contribution is 2.27. The van der Waals surface area contributed by atoms with Crippen molar-refractivity contribution in [1.29, 1.82) is 0 Å². The average Bonchev–Trinajstić information content (AvgIpc) is 2.71. The predicted octanol–water partition coefficient (Wildman–Crippen LogP) is 2.66. The Labute approximate surface area is 108 Å². The van der Waals surface area contributed by atoms with Gasteiger partial charge in [0, 0.05) is 37.4 Å². The Hall–Kier alpha value is -1.61. The fourth-order valence-electron chi connectivity index (χ4n) is 2.74. The number of hydrogen-bond donors (Lipinski definition) is 1. The molecule has 0 bridgehead atoms. The molecule has 3 nitrogen and oxygen atoms in total. The molecule has 3 heteroatoms. The number of nitrogens with two attached hydrogens (primary N) is 1. The van der Waals surface area contributed by atoms with E-state index in [2.05, 4.69) is 34.1 Å². The zero-order valence-electron chi connectivity index (χ0n) is 10.5. The van der Waals surface area contributed by atoms with E-state index in [1.165, 1.54) is 36.0 Å². The van der Waals surface area contributed by atoms with Crippen molar-refractivity contribution in [2.24, 2.45) is 5.73 Å². The maximum Gasteiger partial charge on any atom is 0.0471 e. The van der Waals surface area contributed by atoms with Crippen LogP contribution in [0.3, 0.4) is 0 Å². The van der Waals surface area contributed by atoms with Crippen LogP contribution in [0.1, 0.15) is 42.0 Å². The van der Waals surface area contributed by atoms with Crippen LogP contribution in [0.4, 0.5) is 0 Å². The lowest BCUT2D eigenvalue weighted by Gasteiger charge is -2.07. The quantitative estimate of drug-likeness (QED) is 0.821. The summed E-state index contributed by atoms with van der Waals surface area (Å²) in [5, 5.41) is 0. The Balaban J connectivity index is 1.85. The van der Waals surface area contributed by atoms with E-state index in [0.717, 1.165) is 13.0 Å². The second-order valence-corrected chi connectivity index (χ2v) is 5.12. The van der Waals surface area contributed by atoms with Gasteiger partial charge in [0.05, 0.1) is 0 Å². The molecule has 3 rings (SSSR count). The van der Waals surface area contributed by atoms with Crippen LogP contribution in [0, 0.1) is 0 Å². The molecule has 2 heterocycles. The molecule has 94 valence electrons. The number of aromatic nitrogens is 2. The fourth-order valence-corrected chi connectivity index (χ4v) is 2.74. The van der Waals surface area contributed by atoms with Gasteiger partial charge in [0.15, 0.2) is 0 Å². The monoisotopic (exact) mass is 241 g/mol. The van der Waals surface area contributed by atoms with E-state index in [0.29, 0.717) is 0 Å². The molecule has 2 N–H and O–H groups in total. The van der Waals surface area contributed by atoms with Gasteiger partial charge in [-0.1, -0.05) is 6.42 Å². The zero-order chi connectivity index (χ0) is 12.4. The second-order valence-electron chi connectivity index (χ2n) is 5.12. The Morgan fingerprint density at radius 1 is 1.22 bits per heavy atom. The molecule has 1 atom stereocenters. The lowest BCUT2D eigenvalue weighted by Crippen LogP contribution is -2.09. The number of rotatable bonds is 2. The molecule has 1 unspecified atom stereocenters. The maximum atomic E-state index is 6.23. The van der Waals surface area contributed by atoms with Crippen molar-refractivity contribution in [3.63, 3.8) is 0 Å². The van der Waals surface area contributed by atoms with Gasteiger partial charge < -0.3 is 10.3 Å². The van der Waals surface area contributed by atoms with E-state index in [9.17, 15) is 0 Å². The van der Waals surface area contributed by atoms with Gasteiger partial charge in [-0.2, -0.15) is 0 Å². The Bertz CT molecular complexity index is 516. The summed E-state index contributed by atoms with van der Waals surface area (Å²) in [6, 6.07) is 4.34. The van der Waals surface area contributed by atoms with Gasteiger partial charge in [0.2, 0.25) is 0 Å². The van der Waals surface area contributed by atoms with Crippen molar-refractivity contribution >= 4 is 0 Å². The van der Waals surface area contributed by atoms with Gasteiger partial charge in [0.25, 0.3) is 0 Å². The molecule has 2 aromatic heterocycles. The molecule has 2 aromatic rings. The summed E-state index contributed by atoms with van der Waals surface area (Å²) >= 11 is 0. The smallest absolute Gasteiger partial charge is 0.0471 e. The third kappa shape index (κ3) is 2.31. The van der Waals surface area contributed by atoms with Gasteiger partial charge in [-0.25, -0.2) is 0 Å². The van der Waals surface area contributed by atoms with Crippen molar-refractivity contribution in [2.45, 2.75) is 38.3 Å². The molecular weight excluding hydrogens is 222 g/mol. The van der Waals surface area contributed by atoms with Crippen molar-refractivity contribution in [3.8, 4) is 0 Å². The molecule has 0 spiro atoms. The van der Waals surface area contributed by atoms with Gasteiger partial charge in [0.1, 0.15) is 0 Å². The minimum atomic E-state index is 0.223. The van der Waals surface area contributed by atoms with Crippen molar-refractivity contribution < 1.29 is 0 Å². The van der Waals surface area contributed by atoms with Gasteiger partial charge >= 0.3 is 0 Å². The average molecular weight is 241 g/mol. The van der Waals surface area contributed by atoms with E-state index < -0.39 is 0 Å². The van der Waals surface area contributed by atoms with Gasteiger partial charge in [-0.05, 0) is 48.1 Å². The summed E-state index contributed by atoms with van der Waals surface area (Å²) in [6.07, 6.45) is 13.0. The molecule has 0 radical (unpaired) electrons. The van der Waals surface area contributed by atoms with Crippen LogP contribution >= 0.6 is 0 Å². The number of hydrogen-bond acceptors (Lipinski definition) is 2. The SMILES string of the molecule is NC1CCCCc2cn(Cc3ccncc3)cc21. The topological polar surface area (TPSA) is 43.8 Å². The van der Waals surface area contributed by atoms with Crippen LogP contribution in [0.15, 0.2) is 36.9 Å². The first-order chi connectivity index (χ1) is 8.83. The van der Waals surface area contributed by atoms with Gasteiger partial charge in [-0.15, -0.1) is 0 Å². The fraction of sp³-hybridized carbons (Fsp3) is 0.400. The lowest BCUT2D eigenvalue weighted by atomic mass is 10.1. The first kappa shape index (κ1) is 11.5. The summed E-state index contributed by atoms with van der Waals surface area (Å²) in [5.41, 5.74) is 10.3. The van der Waals surface area contributed by atoms with Crippen molar-refractivity contribution in [3.05, 3.63) is 53.6 Å². The Kier molecular flexibility index (Phi) is 3.15. The summed E-state index contributed by atoms with van der Waals surface area (Å²) in [7, 11) is 0. The maximum absolute atomic E-state index is 6.23. The van der Waals surface area contributed by atoms with E-state index in [1.807, 2.05) is 12.4 Å². The third-order valence-electron chi connectivity index (χ3n) is 3.72. The molecule has 0 saturated carbocycles. The van der Waals surface area contributed by atoms with E-state index >= 15 is 0 Å². The lowest BCUT2D eigenvalue weighted by molar-refractivity contribution is 0.610. The van der Waals surface area contributed by atoms with Crippen LogP contribution < -0.4 is 5.73 Å². The summed E-state index contributed by atoms with van der Waals surface area (Å²) < 4.78 is 2.26. The summed E-state index contributed by atoms with van der Waals surface area (Å²) in [6.45, 7) is 0.905. The predicted molar refractivity (Wildman–Crippen MR) is 72.3 cm³/mol. The number of aryl methyl sites for hydroxylation is 1. The van der Waals surface area contributed by atoms with Crippen LogP contribution in [0.2, 0.25) is 0 Å². The summed E-state index contributed by atoms with van der Waals surface area (Å²) in [5.74, 6) is 0. The van der Waals surface area contributed by atoms with E-state index in [1.54, 1.807) is 0 Å². The van der Waals surface area contributed by atoms with Crippen LogP contribution in [0.5, 0.6) is 0 Å².